The van der Waals surface area contributed by atoms with Crippen molar-refractivity contribution < 1.29 is 18.9 Å². The number of hydrogen-bond donors (Lipinski definition) is 0. The summed E-state index contributed by atoms with van der Waals surface area (Å²) in [7, 11) is 3.35. The van der Waals surface area contributed by atoms with Gasteiger partial charge in [0.05, 0.1) is 20.3 Å². The van der Waals surface area contributed by atoms with Crippen LogP contribution in [0.3, 0.4) is 0 Å². The van der Waals surface area contributed by atoms with E-state index in [4.69, 9.17) is 18.9 Å². The summed E-state index contributed by atoms with van der Waals surface area (Å²) in [5.41, 5.74) is 5.00. The minimum absolute atomic E-state index is 0.252. The molecule has 3 aliphatic rings. The molecule has 3 aliphatic heterocycles. The third-order valence-corrected chi connectivity index (χ3v) is 5.69. The molecule has 2 aromatic rings. The molecule has 0 radical (unpaired) electrons. The summed E-state index contributed by atoms with van der Waals surface area (Å²) in [6, 6.07) is 8.64. The van der Waals surface area contributed by atoms with Gasteiger partial charge < -0.3 is 23.8 Å². The van der Waals surface area contributed by atoms with Gasteiger partial charge in [-0.05, 0) is 41.0 Å². The molecule has 2 aromatic carbocycles. The second-order valence-electron chi connectivity index (χ2n) is 6.92. The lowest BCUT2D eigenvalue weighted by Gasteiger charge is -2.43. The van der Waals surface area contributed by atoms with Crippen molar-refractivity contribution in [2.75, 3.05) is 21.0 Å². The van der Waals surface area contributed by atoms with Crippen LogP contribution < -0.4 is 18.9 Å². The fourth-order valence-electron chi connectivity index (χ4n) is 4.45. The molecule has 26 heavy (non-hydrogen) atoms. The number of rotatable bonds is 2. The van der Waals surface area contributed by atoms with E-state index in [1.807, 2.05) is 6.07 Å². The van der Waals surface area contributed by atoms with Gasteiger partial charge in [-0.2, -0.15) is 0 Å². The molecule has 5 rings (SSSR count). The highest BCUT2D eigenvalue weighted by atomic mass is 16.7. The van der Waals surface area contributed by atoms with Crippen LogP contribution in [0.15, 0.2) is 30.5 Å². The Hall–Kier alpha value is -2.82. The Kier molecular flexibility index (Phi) is 3.32. The monoisotopic (exact) mass is 351 g/mol. The molecule has 2 unspecified atom stereocenters. The first kappa shape index (κ1) is 15.4. The largest absolute Gasteiger partial charge is 0.493 e. The van der Waals surface area contributed by atoms with Gasteiger partial charge >= 0.3 is 0 Å². The summed E-state index contributed by atoms with van der Waals surface area (Å²) >= 11 is 0. The van der Waals surface area contributed by atoms with Gasteiger partial charge in [0.15, 0.2) is 23.0 Å². The zero-order valence-corrected chi connectivity index (χ0v) is 15.1. The van der Waals surface area contributed by atoms with Crippen LogP contribution in [0.5, 0.6) is 23.0 Å². The topological polar surface area (TPSA) is 40.2 Å². The third-order valence-electron chi connectivity index (χ3n) is 5.69. The molecule has 0 saturated heterocycles. The number of benzene rings is 2. The van der Waals surface area contributed by atoms with E-state index in [2.05, 4.69) is 42.3 Å². The van der Waals surface area contributed by atoms with Crippen molar-refractivity contribution in [3.63, 3.8) is 0 Å². The Labute approximate surface area is 152 Å². The number of hydrogen-bond acceptors (Lipinski definition) is 5. The highest BCUT2D eigenvalue weighted by molar-refractivity contribution is 5.65. The highest BCUT2D eigenvalue weighted by Crippen LogP contribution is 2.51. The van der Waals surface area contributed by atoms with Crippen molar-refractivity contribution in [2.45, 2.75) is 25.4 Å². The van der Waals surface area contributed by atoms with Gasteiger partial charge in [-0.3, -0.25) is 0 Å². The maximum atomic E-state index is 5.75. The standard InChI is InChI=1S/C21H21NO4/c1-12-14-4-5-17-21(26-11-25-17)16(14)10-22-7-6-13-8-18(23-2)19(24-3)9-15(13)20(12)22/h4-9,12,20H,10-11H2,1-3H3. The lowest BCUT2D eigenvalue weighted by molar-refractivity contribution is 0.169. The Morgan fingerprint density at radius 1 is 1.04 bits per heavy atom. The first-order valence-electron chi connectivity index (χ1n) is 8.82. The molecule has 0 N–H and O–H groups in total. The minimum Gasteiger partial charge on any atom is -0.493 e. The van der Waals surface area contributed by atoms with Crippen molar-refractivity contribution in [1.82, 2.24) is 4.90 Å². The summed E-state index contributed by atoms with van der Waals surface area (Å²) in [6.45, 7) is 3.39. The van der Waals surface area contributed by atoms with Crippen LogP contribution in [0.1, 0.15) is 41.1 Å². The lowest BCUT2D eigenvalue weighted by Crippen LogP contribution is -2.34. The number of nitrogens with zero attached hydrogens (tertiary/aromatic N) is 1. The van der Waals surface area contributed by atoms with Crippen LogP contribution in [0.2, 0.25) is 0 Å². The van der Waals surface area contributed by atoms with Gasteiger partial charge in [0.25, 0.3) is 0 Å². The molecule has 0 fully saturated rings. The normalized spacial score (nSPS) is 21.7. The summed E-state index contributed by atoms with van der Waals surface area (Å²) in [4.78, 5) is 2.38. The molecule has 0 spiro atoms. The number of ether oxygens (including phenoxy) is 4. The van der Waals surface area contributed by atoms with Crippen LogP contribution in [-0.2, 0) is 6.54 Å². The summed E-state index contributed by atoms with van der Waals surface area (Å²) in [5.74, 6) is 3.60. The molecular weight excluding hydrogens is 330 g/mol. The van der Waals surface area contributed by atoms with Gasteiger partial charge in [-0.1, -0.05) is 13.0 Å². The van der Waals surface area contributed by atoms with E-state index in [1.54, 1.807) is 14.2 Å². The molecule has 5 heteroatoms. The Morgan fingerprint density at radius 2 is 1.85 bits per heavy atom. The first-order valence-corrected chi connectivity index (χ1v) is 8.82. The average molecular weight is 351 g/mol. The molecule has 0 bridgehead atoms. The second-order valence-corrected chi connectivity index (χ2v) is 6.92. The van der Waals surface area contributed by atoms with Gasteiger partial charge in [0, 0.05) is 24.2 Å². The minimum atomic E-state index is 0.252. The van der Waals surface area contributed by atoms with Crippen molar-refractivity contribution in [3.8, 4) is 23.0 Å². The molecular formula is C21H21NO4. The Bertz CT molecular complexity index is 921. The first-order chi connectivity index (χ1) is 12.7. The maximum absolute atomic E-state index is 5.75. The van der Waals surface area contributed by atoms with Gasteiger partial charge in [0.1, 0.15) is 0 Å². The van der Waals surface area contributed by atoms with E-state index in [-0.39, 0.29) is 6.04 Å². The van der Waals surface area contributed by atoms with Gasteiger partial charge in [0.2, 0.25) is 6.79 Å². The smallest absolute Gasteiger partial charge is 0.231 e. The Balaban J connectivity index is 1.64. The summed E-state index contributed by atoms with van der Waals surface area (Å²) in [6.07, 6.45) is 4.32. The van der Waals surface area contributed by atoms with Crippen LogP contribution in [0.4, 0.5) is 0 Å². The number of methoxy groups -OCH3 is 2. The highest BCUT2D eigenvalue weighted by Gasteiger charge is 2.38. The van der Waals surface area contributed by atoms with Crippen LogP contribution in [-0.4, -0.2) is 25.9 Å². The van der Waals surface area contributed by atoms with Crippen LogP contribution in [0, 0.1) is 0 Å². The number of fused-ring (bicyclic) bond motifs is 6. The third kappa shape index (κ3) is 2.03. The van der Waals surface area contributed by atoms with E-state index in [0.717, 1.165) is 29.5 Å². The predicted molar refractivity (Wildman–Crippen MR) is 97.8 cm³/mol. The quantitative estimate of drug-likeness (QED) is 0.815. The predicted octanol–water partition coefficient (Wildman–Crippen LogP) is 4.08. The van der Waals surface area contributed by atoms with E-state index in [1.165, 1.54) is 22.3 Å². The van der Waals surface area contributed by atoms with Gasteiger partial charge in [-0.25, -0.2) is 0 Å². The zero-order valence-electron chi connectivity index (χ0n) is 15.1. The van der Waals surface area contributed by atoms with Crippen molar-refractivity contribution >= 4 is 6.08 Å². The van der Waals surface area contributed by atoms with E-state index in [0.29, 0.717) is 12.7 Å². The molecule has 0 aliphatic carbocycles. The zero-order chi connectivity index (χ0) is 17.8. The molecule has 134 valence electrons. The Morgan fingerprint density at radius 3 is 2.65 bits per heavy atom. The molecule has 5 nitrogen and oxygen atoms in total. The summed E-state index contributed by atoms with van der Waals surface area (Å²) < 4.78 is 22.3. The lowest BCUT2D eigenvalue weighted by atomic mass is 9.78. The SMILES string of the molecule is COc1cc2c(cc1OC)C1C(C)c3ccc4c(c3CN1C=C2)OCO4. The second kappa shape index (κ2) is 5.59. The van der Waals surface area contributed by atoms with Crippen molar-refractivity contribution in [3.05, 3.63) is 52.7 Å². The summed E-state index contributed by atoms with van der Waals surface area (Å²) in [5, 5.41) is 0. The van der Waals surface area contributed by atoms with Crippen molar-refractivity contribution in [2.24, 2.45) is 0 Å². The van der Waals surface area contributed by atoms with Gasteiger partial charge in [-0.15, -0.1) is 0 Å². The van der Waals surface area contributed by atoms with E-state index >= 15 is 0 Å². The van der Waals surface area contributed by atoms with Crippen LogP contribution in [0.25, 0.3) is 6.08 Å². The van der Waals surface area contributed by atoms with E-state index in [9.17, 15) is 0 Å². The fourth-order valence-corrected chi connectivity index (χ4v) is 4.45. The molecule has 3 heterocycles. The fraction of sp³-hybridized carbons (Fsp3) is 0.333. The maximum Gasteiger partial charge on any atom is 0.231 e. The van der Waals surface area contributed by atoms with Crippen molar-refractivity contribution in [1.29, 1.82) is 0 Å². The average Bonchev–Trinajstić information content (AvgIpc) is 3.15. The molecule has 0 amide bonds. The van der Waals surface area contributed by atoms with E-state index < -0.39 is 0 Å². The molecule has 0 saturated carbocycles. The van der Waals surface area contributed by atoms with Crippen LogP contribution >= 0.6 is 0 Å². The molecule has 2 atom stereocenters. The molecule has 0 aromatic heterocycles.